The lowest BCUT2D eigenvalue weighted by molar-refractivity contribution is 0.0635. The zero-order chi connectivity index (χ0) is 11.5. The third-order valence-electron chi connectivity index (χ3n) is 3.22. The molecule has 0 spiro atoms. The number of carbonyl (C=O) groups is 1. The highest BCUT2D eigenvalue weighted by molar-refractivity contribution is 5.94. The van der Waals surface area contributed by atoms with Gasteiger partial charge in [0.05, 0.1) is 0 Å². The Hall–Kier alpha value is -1.51. The summed E-state index contributed by atoms with van der Waals surface area (Å²) in [4.78, 5) is 14.2. The van der Waals surface area contributed by atoms with Crippen molar-refractivity contribution in [2.45, 2.75) is 32.2 Å². The highest BCUT2D eigenvalue weighted by Gasteiger charge is 2.23. The lowest BCUT2D eigenvalue weighted by Crippen LogP contribution is -2.41. The van der Waals surface area contributed by atoms with Crippen molar-refractivity contribution in [3.8, 4) is 0 Å². The summed E-state index contributed by atoms with van der Waals surface area (Å²) in [7, 11) is 0. The molecule has 2 rings (SSSR count). The van der Waals surface area contributed by atoms with E-state index in [2.05, 4.69) is 6.92 Å². The van der Waals surface area contributed by atoms with Gasteiger partial charge < -0.3 is 10.6 Å². The Bertz CT molecular complexity index is 372. The van der Waals surface area contributed by atoms with E-state index < -0.39 is 0 Å². The van der Waals surface area contributed by atoms with Crippen molar-refractivity contribution in [2.24, 2.45) is 0 Å². The molecule has 0 saturated carbocycles. The number of rotatable bonds is 1. The molecule has 3 nitrogen and oxygen atoms in total. The fourth-order valence-corrected chi connectivity index (χ4v) is 2.19. The predicted molar refractivity (Wildman–Crippen MR) is 65.2 cm³/mol. The van der Waals surface area contributed by atoms with E-state index in [1.54, 1.807) is 24.3 Å². The van der Waals surface area contributed by atoms with Gasteiger partial charge in [0, 0.05) is 23.8 Å². The first-order valence-electron chi connectivity index (χ1n) is 5.85. The van der Waals surface area contributed by atoms with Crippen LogP contribution in [0.5, 0.6) is 0 Å². The van der Waals surface area contributed by atoms with E-state index in [4.69, 9.17) is 5.73 Å². The molecule has 1 fully saturated rings. The normalized spacial score (nSPS) is 20.8. The van der Waals surface area contributed by atoms with Crippen LogP contribution in [0.15, 0.2) is 24.3 Å². The number of likely N-dealkylation sites (tertiary alicyclic amines) is 1. The minimum atomic E-state index is 0.132. The molecule has 1 aliphatic heterocycles. The Morgan fingerprint density at radius 1 is 1.31 bits per heavy atom. The summed E-state index contributed by atoms with van der Waals surface area (Å²) in [5.41, 5.74) is 7.04. The Morgan fingerprint density at radius 3 is 2.62 bits per heavy atom. The van der Waals surface area contributed by atoms with Crippen LogP contribution in [0.2, 0.25) is 0 Å². The van der Waals surface area contributed by atoms with Crippen molar-refractivity contribution >= 4 is 11.6 Å². The van der Waals surface area contributed by atoms with Gasteiger partial charge in [-0.1, -0.05) is 0 Å². The molecule has 1 amide bonds. The SMILES string of the molecule is CC1CCCCN1C(=O)c1ccc(N)cc1. The summed E-state index contributed by atoms with van der Waals surface area (Å²) >= 11 is 0. The Kier molecular flexibility index (Phi) is 3.13. The minimum Gasteiger partial charge on any atom is -0.399 e. The average molecular weight is 218 g/mol. The Morgan fingerprint density at radius 2 is 2.00 bits per heavy atom. The molecule has 1 unspecified atom stereocenters. The van der Waals surface area contributed by atoms with E-state index >= 15 is 0 Å². The quantitative estimate of drug-likeness (QED) is 0.735. The maximum absolute atomic E-state index is 12.2. The highest BCUT2D eigenvalue weighted by atomic mass is 16.2. The second kappa shape index (κ2) is 4.56. The molecule has 1 heterocycles. The van der Waals surface area contributed by atoms with Crippen LogP contribution in [0.1, 0.15) is 36.5 Å². The van der Waals surface area contributed by atoms with Crippen LogP contribution in [-0.2, 0) is 0 Å². The van der Waals surface area contributed by atoms with Gasteiger partial charge in [0.15, 0.2) is 0 Å². The summed E-state index contributed by atoms with van der Waals surface area (Å²) < 4.78 is 0. The zero-order valence-corrected chi connectivity index (χ0v) is 9.65. The highest BCUT2D eigenvalue weighted by Crippen LogP contribution is 2.19. The maximum atomic E-state index is 12.2. The largest absolute Gasteiger partial charge is 0.399 e. The standard InChI is InChI=1S/C13H18N2O/c1-10-4-2-3-9-15(10)13(16)11-5-7-12(14)8-6-11/h5-8,10H,2-4,9,14H2,1H3. The summed E-state index contributed by atoms with van der Waals surface area (Å²) in [6.07, 6.45) is 3.46. The number of benzene rings is 1. The number of hydrogen-bond acceptors (Lipinski definition) is 2. The monoisotopic (exact) mass is 218 g/mol. The van der Waals surface area contributed by atoms with Crippen LogP contribution in [0.25, 0.3) is 0 Å². The lowest BCUT2D eigenvalue weighted by Gasteiger charge is -2.33. The first-order valence-corrected chi connectivity index (χ1v) is 5.85. The summed E-state index contributed by atoms with van der Waals surface area (Å²) in [5.74, 6) is 0.132. The van der Waals surface area contributed by atoms with E-state index in [1.807, 2.05) is 4.90 Å². The molecule has 1 aliphatic rings. The number of anilines is 1. The number of nitrogens with two attached hydrogens (primary N) is 1. The number of piperidine rings is 1. The molecule has 1 aromatic carbocycles. The average Bonchev–Trinajstić information content (AvgIpc) is 2.30. The molecule has 86 valence electrons. The van der Waals surface area contributed by atoms with Gasteiger partial charge in [0.25, 0.3) is 5.91 Å². The van der Waals surface area contributed by atoms with Crippen molar-refractivity contribution < 1.29 is 4.79 Å². The van der Waals surface area contributed by atoms with E-state index in [0.717, 1.165) is 24.9 Å². The molecule has 0 aliphatic carbocycles. The Labute approximate surface area is 96.2 Å². The van der Waals surface area contributed by atoms with Gasteiger partial charge in [0.2, 0.25) is 0 Å². The van der Waals surface area contributed by atoms with Crippen LogP contribution < -0.4 is 5.73 Å². The molecule has 0 radical (unpaired) electrons. The molecule has 16 heavy (non-hydrogen) atoms. The molecular formula is C13H18N2O. The molecule has 0 aromatic heterocycles. The number of nitrogen functional groups attached to an aromatic ring is 1. The summed E-state index contributed by atoms with van der Waals surface area (Å²) in [6.45, 7) is 3.00. The van der Waals surface area contributed by atoms with E-state index in [1.165, 1.54) is 6.42 Å². The number of nitrogens with zero attached hydrogens (tertiary/aromatic N) is 1. The van der Waals surface area contributed by atoms with E-state index in [-0.39, 0.29) is 5.91 Å². The molecule has 3 heteroatoms. The van der Waals surface area contributed by atoms with Crippen molar-refractivity contribution in [1.82, 2.24) is 4.90 Å². The molecule has 1 atom stereocenters. The third kappa shape index (κ3) is 2.18. The van der Waals surface area contributed by atoms with Gasteiger partial charge in [-0.25, -0.2) is 0 Å². The minimum absolute atomic E-state index is 0.132. The molecule has 2 N–H and O–H groups in total. The van der Waals surface area contributed by atoms with Crippen molar-refractivity contribution in [3.63, 3.8) is 0 Å². The fraction of sp³-hybridized carbons (Fsp3) is 0.462. The lowest BCUT2D eigenvalue weighted by atomic mass is 10.0. The zero-order valence-electron chi connectivity index (χ0n) is 9.65. The molecule has 1 aromatic rings. The first kappa shape index (κ1) is 11.0. The third-order valence-corrected chi connectivity index (χ3v) is 3.22. The second-order valence-corrected chi connectivity index (χ2v) is 4.47. The van der Waals surface area contributed by atoms with Gasteiger partial charge in [-0.3, -0.25) is 4.79 Å². The summed E-state index contributed by atoms with van der Waals surface area (Å²) in [6, 6.07) is 7.53. The number of carbonyl (C=O) groups excluding carboxylic acids is 1. The van der Waals surface area contributed by atoms with Crippen LogP contribution in [0.4, 0.5) is 5.69 Å². The fourth-order valence-electron chi connectivity index (χ4n) is 2.19. The van der Waals surface area contributed by atoms with Crippen molar-refractivity contribution in [3.05, 3.63) is 29.8 Å². The Balaban J connectivity index is 2.14. The van der Waals surface area contributed by atoms with Crippen LogP contribution >= 0.6 is 0 Å². The van der Waals surface area contributed by atoms with Gasteiger partial charge in [-0.05, 0) is 50.5 Å². The van der Waals surface area contributed by atoms with E-state index in [0.29, 0.717) is 11.7 Å². The predicted octanol–water partition coefficient (Wildman–Crippen LogP) is 2.28. The number of hydrogen-bond donors (Lipinski definition) is 1. The van der Waals surface area contributed by atoms with Crippen LogP contribution in [0.3, 0.4) is 0 Å². The molecular weight excluding hydrogens is 200 g/mol. The maximum Gasteiger partial charge on any atom is 0.254 e. The van der Waals surface area contributed by atoms with Crippen molar-refractivity contribution in [2.75, 3.05) is 12.3 Å². The van der Waals surface area contributed by atoms with Gasteiger partial charge in [0.1, 0.15) is 0 Å². The van der Waals surface area contributed by atoms with Gasteiger partial charge in [-0.15, -0.1) is 0 Å². The number of amides is 1. The smallest absolute Gasteiger partial charge is 0.254 e. The topological polar surface area (TPSA) is 46.3 Å². The van der Waals surface area contributed by atoms with Crippen molar-refractivity contribution in [1.29, 1.82) is 0 Å². The van der Waals surface area contributed by atoms with Gasteiger partial charge >= 0.3 is 0 Å². The van der Waals surface area contributed by atoms with Crippen LogP contribution in [0, 0.1) is 0 Å². The molecule has 0 bridgehead atoms. The second-order valence-electron chi connectivity index (χ2n) is 4.47. The molecule has 1 saturated heterocycles. The van der Waals surface area contributed by atoms with E-state index in [9.17, 15) is 4.79 Å². The summed E-state index contributed by atoms with van der Waals surface area (Å²) in [5, 5.41) is 0. The van der Waals surface area contributed by atoms with Crippen LogP contribution in [-0.4, -0.2) is 23.4 Å². The first-order chi connectivity index (χ1) is 7.68. The van der Waals surface area contributed by atoms with Gasteiger partial charge in [-0.2, -0.15) is 0 Å².